The first-order chi connectivity index (χ1) is 12.8. The summed E-state index contributed by atoms with van der Waals surface area (Å²) in [6.45, 7) is 2.91. The van der Waals surface area contributed by atoms with E-state index in [9.17, 15) is 14.7 Å². The largest absolute Gasteiger partial charge is 0.480 e. The lowest BCUT2D eigenvalue weighted by atomic mass is 9.97. The topological polar surface area (TPSA) is 152 Å². The number of carboxylic acids is 1. The van der Waals surface area contributed by atoms with Crippen molar-refractivity contribution in [2.45, 2.75) is 26.3 Å². The lowest BCUT2D eigenvalue weighted by Gasteiger charge is -2.19. The maximum Gasteiger partial charge on any atom is 0.326 e. The van der Waals surface area contributed by atoms with E-state index in [-0.39, 0.29) is 18.2 Å². The third-order valence-electron chi connectivity index (χ3n) is 3.91. The zero-order valence-electron chi connectivity index (χ0n) is 15.2. The second-order valence-electron chi connectivity index (χ2n) is 5.63. The van der Waals surface area contributed by atoms with E-state index in [1.165, 1.54) is 21.1 Å². The number of carbonyl (C=O) groups excluding carboxylic acids is 1. The van der Waals surface area contributed by atoms with Gasteiger partial charge in [-0.1, -0.05) is 0 Å². The minimum absolute atomic E-state index is 0.0810. The first kappa shape index (κ1) is 20.1. The van der Waals surface area contributed by atoms with Gasteiger partial charge in [0.25, 0.3) is 11.8 Å². The summed E-state index contributed by atoms with van der Waals surface area (Å²) in [5.41, 5.74) is 4.38. The number of benzene rings is 1. The van der Waals surface area contributed by atoms with Gasteiger partial charge in [0.1, 0.15) is 6.04 Å². The number of ether oxygens (including phenoxy) is 2. The number of hydrogen-bond donors (Lipinski definition) is 4. The van der Waals surface area contributed by atoms with Crippen molar-refractivity contribution in [1.82, 2.24) is 15.3 Å². The second kappa shape index (κ2) is 8.47. The highest BCUT2D eigenvalue weighted by Crippen LogP contribution is 2.32. The third-order valence-corrected chi connectivity index (χ3v) is 3.91. The molecule has 0 fully saturated rings. The lowest BCUT2D eigenvalue weighted by Crippen LogP contribution is -2.41. The van der Waals surface area contributed by atoms with Crippen LogP contribution < -0.4 is 20.3 Å². The second-order valence-corrected chi connectivity index (χ2v) is 5.63. The van der Waals surface area contributed by atoms with Gasteiger partial charge in [-0.3, -0.25) is 4.79 Å². The van der Waals surface area contributed by atoms with E-state index in [2.05, 4.69) is 25.8 Å². The summed E-state index contributed by atoms with van der Waals surface area (Å²) in [4.78, 5) is 35.6. The normalized spacial score (nSPS) is 11.7. The Labute approximate surface area is 154 Å². The Balaban J connectivity index is 2.70. The summed E-state index contributed by atoms with van der Waals surface area (Å²) < 4.78 is 10.3. The summed E-state index contributed by atoms with van der Waals surface area (Å²) in [6, 6.07) is 0.359. The van der Waals surface area contributed by atoms with Gasteiger partial charge in [-0.25, -0.2) is 25.5 Å². The van der Waals surface area contributed by atoms with Crippen molar-refractivity contribution in [2.75, 3.05) is 19.7 Å². The highest BCUT2D eigenvalue weighted by Gasteiger charge is 2.24. The number of amides is 1. The predicted molar refractivity (Wildman–Crippen MR) is 93.7 cm³/mol. The monoisotopic (exact) mass is 380 g/mol. The number of nitrogens with one attached hydrogen (secondary N) is 2. The molecular formula is C16H20N4O7. The van der Waals surface area contributed by atoms with Crippen LogP contribution in [-0.2, 0) is 21.0 Å². The molecule has 1 amide bonds. The van der Waals surface area contributed by atoms with Crippen LogP contribution in [0.1, 0.15) is 18.1 Å². The van der Waals surface area contributed by atoms with Crippen LogP contribution in [0, 0.1) is 6.92 Å². The van der Waals surface area contributed by atoms with E-state index in [0.717, 1.165) is 0 Å². The van der Waals surface area contributed by atoms with Crippen LogP contribution >= 0.6 is 0 Å². The van der Waals surface area contributed by atoms with Gasteiger partial charge in [0.05, 0.1) is 30.9 Å². The number of carbonyl (C=O) groups is 2. The van der Waals surface area contributed by atoms with E-state index < -0.39 is 17.9 Å². The minimum Gasteiger partial charge on any atom is -0.480 e. The highest BCUT2D eigenvalue weighted by atomic mass is 17.2. The van der Waals surface area contributed by atoms with Crippen LogP contribution in [0.3, 0.4) is 0 Å². The molecule has 0 bridgehead atoms. The molecule has 2 rings (SSSR count). The minimum atomic E-state index is -1.21. The van der Waals surface area contributed by atoms with Crippen LogP contribution in [-0.4, -0.2) is 52.5 Å². The molecular weight excluding hydrogens is 360 g/mol. The van der Waals surface area contributed by atoms with Crippen molar-refractivity contribution in [3.63, 3.8) is 0 Å². The Morgan fingerprint density at radius 2 is 1.85 bits per heavy atom. The first-order valence-electron chi connectivity index (χ1n) is 7.80. The molecule has 0 aliphatic carbocycles. The first-order valence-corrected chi connectivity index (χ1v) is 7.80. The number of anilines is 1. The summed E-state index contributed by atoms with van der Waals surface area (Å²) >= 11 is 0. The number of carboxylic acid groups (broad SMARTS) is 1. The molecule has 11 heteroatoms. The Hall–Kier alpha value is -3.18. The number of nitrogens with zero attached hydrogens (tertiary/aromatic N) is 2. The predicted octanol–water partition coefficient (Wildman–Crippen LogP) is 0.904. The molecule has 0 aliphatic rings. The van der Waals surface area contributed by atoms with Crippen LogP contribution in [0.25, 0.3) is 11.0 Å². The summed E-state index contributed by atoms with van der Waals surface area (Å²) in [5, 5.41) is 20.5. The molecule has 2 aromatic rings. The maximum absolute atomic E-state index is 11.5. The van der Waals surface area contributed by atoms with Gasteiger partial charge >= 0.3 is 5.97 Å². The lowest BCUT2D eigenvalue weighted by molar-refractivity contribution is -0.215. The molecule has 4 N–H and O–H groups in total. The number of rotatable bonds is 8. The Morgan fingerprint density at radius 3 is 2.37 bits per heavy atom. The zero-order valence-corrected chi connectivity index (χ0v) is 15.2. The average Bonchev–Trinajstić information content (AvgIpc) is 2.62. The molecule has 0 saturated carbocycles. The van der Waals surface area contributed by atoms with Crippen molar-refractivity contribution in [2.24, 2.45) is 0 Å². The van der Waals surface area contributed by atoms with Crippen molar-refractivity contribution in [1.29, 1.82) is 0 Å². The zero-order chi connectivity index (χ0) is 20.1. The summed E-state index contributed by atoms with van der Waals surface area (Å²) in [5.74, 6) is -1.44. The molecule has 146 valence electrons. The fourth-order valence-electron chi connectivity index (χ4n) is 2.65. The van der Waals surface area contributed by atoms with Gasteiger partial charge in [0, 0.05) is 13.3 Å². The van der Waals surface area contributed by atoms with Crippen LogP contribution in [0.2, 0.25) is 0 Å². The fourth-order valence-corrected chi connectivity index (χ4v) is 2.65. The Morgan fingerprint density at radius 1 is 1.22 bits per heavy atom. The number of aliphatic carboxylic acids is 1. The summed E-state index contributed by atoms with van der Waals surface area (Å²) in [6.07, 6.45) is -0.0810. The molecule has 1 aromatic heterocycles. The molecule has 0 aliphatic heterocycles. The van der Waals surface area contributed by atoms with Gasteiger partial charge in [-0.05, 0) is 24.1 Å². The standard InChI is InChI=1S/C16H20N4O7/c1-7-9(5-12(16(22)23)17-8(2)21)13-11(6-10(7)20-27-24)18-14(25-3)15(19-13)26-4/h6,12,20,24H,5H2,1-4H3,(H,17,21)(H,22,23)/t12-/m1/s1. The third kappa shape index (κ3) is 4.33. The molecule has 1 atom stereocenters. The molecule has 0 saturated heterocycles. The van der Waals surface area contributed by atoms with Crippen molar-refractivity contribution in [3.8, 4) is 11.8 Å². The molecule has 0 spiro atoms. The summed E-state index contributed by atoms with van der Waals surface area (Å²) in [7, 11) is 2.80. The smallest absolute Gasteiger partial charge is 0.326 e. The van der Waals surface area contributed by atoms with Crippen molar-refractivity contribution >= 4 is 28.6 Å². The van der Waals surface area contributed by atoms with E-state index in [4.69, 9.17) is 14.7 Å². The van der Waals surface area contributed by atoms with E-state index >= 15 is 0 Å². The molecule has 27 heavy (non-hydrogen) atoms. The average molecular weight is 380 g/mol. The molecule has 1 aromatic carbocycles. The van der Waals surface area contributed by atoms with Gasteiger partial charge in [0.2, 0.25) is 5.91 Å². The van der Waals surface area contributed by atoms with Gasteiger partial charge < -0.3 is 19.9 Å². The van der Waals surface area contributed by atoms with E-state index in [1.54, 1.807) is 13.0 Å². The highest BCUT2D eigenvalue weighted by molar-refractivity contribution is 5.88. The fraction of sp³-hybridized carbons (Fsp3) is 0.375. The van der Waals surface area contributed by atoms with Gasteiger partial charge in [0.15, 0.2) is 0 Å². The van der Waals surface area contributed by atoms with E-state index in [0.29, 0.717) is 27.8 Å². The van der Waals surface area contributed by atoms with Crippen LogP contribution in [0.15, 0.2) is 6.07 Å². The molecule has 1 heterocycles. The van der Waals surface area contributed by atoms with Crippen molar-refractivity contribution < 1.29 is 34.4 Å². The molecule has 0 unspecified atom stereocenters. The number of hydrogen-bond acceptors (Lipinski definition) is 9. The van der Waals surface area contributed by atoms with Gasteiger partial charge in [-0.15, -0.1) is 4.99 Å². The number of aromatic nitrogens is 2. The van der Waals surface area contributed by atoms with Crippen LogP contribution in [0.4, 0.5) is 5.69 Å². The quantitative estimate of drug-likeness (QED) is 0.384. The Bertz CT molecular complexity index is 872. The SMILES string of the molecule is COc1nc2cc(NOO)c(C)c(C[C@@H](NC(C)=O)C(=O)O)c2nc1OC. The molecule has 0 radical (unpaired) electrons. The number of methoxy groups -OCH3 is 2. The van der Waals surface area contributed by atoms with Gasteiger partial charge in [-0.2, -0.15) is 0 Å². The van der Waals surface area contributed by atoms with E-state index in [1.807, 2.05) is 0 Å². The maximum atomic E-state index is 11.5. The Kier molecular flexibility index (Phi) is 6.32. The van der Waals surface area contributed by atoms with Crippen molar-refractivity contribution in [3.05, 3.63) is 17.2 Å². The number of fused-ring (bicyclic) bond motifs is 1. The van der Waals surface area contributed by atoms with Crippen LogP contribution in [0.5, 0.6) is 11.8 Å². The molecule has 11 nitrogen and oxygen atoms in total.